The summed E-state index contributed by atoms with van der Waals surface area (Å²) < 4.78 is 5.14. The van der Waals surface area contributed by atoms with Crippen molar-refractivity contribution in [2.24, 2.45) is 10.9 Å². The Labute approximate surface area is 170 Å². The zero-order valence-corrected chi connectivity index (χ0v) is 18.8. The van der Waals surface area contributed by atoms with Gasteiger partial charge in [-0.15, -0.1) is 24.0 Å². The van der Waals surface area contributed by atoms with Crippen LogP contribution in [0.25, 0.3) is 0 Å². The Bertz CT molecular complexity index is 385. The Hall–Kier alpha value is -0.570. The first-order chi connectivity index (χ1) is 11.6. The number of rotatable bonds is 9. The van der Waals surface area contributed by atoms with E-state index in [0.29, 0.717) is 6.61 Å². The molecule has 1 rings (SSSR count). The highest BCUT2D eigenvalue weighted by Crippen LogP contribution is 2.18. The van der Waals surface area contributed by atoms with E-state index >= 15 is 0 Å². The third-order valence-corrected chi connectivity index (χ3v) is 4.39. The van der Waals surface area contributed by atoms with E-state index < -0.39 is 0 Å². The molecule has 0 radical (unpaired) electrons. The zero-order chi connectivity index (χ0) is 17.8. The number of halogens is 1. The third kappa shape index (κ3) is 9.63. The lowest BCUT2D eigenvalue weighted by atomic mass is 9.97. The average Bonchev–Trinajstić information content (AvgIpc) is 2.59. The van der Waals surface area contributed by atoms with E-state index in [9.17, 15) is 4.79 Å². The summed E-state index contributed by atoms with van der Waals surface area (Å²) >= 11 is 0. The Balaban J connectivity index is 0.00000576. The molecule has 7 heteroatoms. The van der Waals surface area contributed by atoms with E-state index in [1.807, 2.05) is 6.92 Å². The summed E-state index contributed by atoms with van der Waals surface area (Å²) in [7, 11) is 2.16. The van der Waals surface area contributed by atoms with Crippen LogP contribution in [0.5, 0.6) is 0 Å². The normalized spacial score (nSPS) is 15.9. The van der Waals surface area contributed by atoms with Crippen LogP contribution in [0.15, 0.2) is 4.99 Å². The second-order valence-corrected chi connectivity index (χ2v) is 6.41. The molecule has 25 heavy (non-hydrogen) atoms. The molecule has 1 N–H and O–H groups in total. The van der Waals surface area contributed by atoms with Gasteiger partial charge in [0.25, 0.3) is 0 Å². The fourth-order valence-corrected chi connectivity index (χ4v) is 2.88. The van der Waals surface area contributed by atoms with Crippen LogP contribution < -0.4 is 5.32 Å². The van der Waals surface area contributed by atoms with Crippen molar-refractivity contribution in [3.63, 3.8) is 0 Å². The highest BCUT2D eigenvalue weighted by Gasteiger charge is 2.27. The van der Waals surface area contributed by atoms with Crippen LogP contribution in [-0.2, 0) is 9.53 Å². The molecular formula is C18H37IN4O2. The molecule has 0 unspecified atom stereocenters. The maximum atomic E-state index is 11.8. The minimum Gasteiger partial charge on any atom is -0.466 e. The number of carbonyl (C=O) groups excluding carboxylic acids is 1. The highest BCUT2D eigenvalue weighted by atomic mass is 127. The molecule has 0 saturated carbocycles. The Kier molecular flexibility index (Phi) is 14.3. The second-order valence-electron chi connectivity index (χ2n) is 6.41. The number of nitrogens with one attached hydrogen (secondary N) is 1. The van der Waals surface area contributed by atoms with Gasteiger partial charge in [-0.05, 0) is 46.7 Å². The van der Waals surface area contributed by atoms with Crippen molar-refractivity contribution in [1.82, 2.24) is 15.1 Å². The Morgan fingerprint density at radius 2 is 1.92 bits per heavy atom. The van der Waals surface area contributed by atoms with Crippen molar-refractivity contribution in [3.8, 4) is 0 Å². The number of esters is 1. The number of aliphatic imine (C=N–C) groups is 1. The SMILES string of the molecule is CCCCN(C)CCN=C(NCC)N1CCC(C(=O)OCC)CC1.I. The summed E-state index contributed by atoms with van der Waals surface area (Å²) in [5.74, 6) is 0.976. The molecule has 1 aliphatic heterocycles. The van der Waals surface area contributed by atoms with E-state index in [1.165, 1.54) is 12.8 Å². The number of nitrogens with zero attached hydrogens (tertiary/aromatic N) is 3. The van der Waals surface area contributed by atoms with Gasteiger partial charge in [0.2, 0.25) is 0 Å². The summed E-state index contributed by atoms with van der Waals surface area (Å²) in [6.07, 6.45) is 4.16. The molecule has 0 spiro atoms. The minimum atomic E-state index is -0.0448. The van der Waals surface area contributed by atoms with Crippen molar-refractivity contribution in [2.75, 3.05) is 52.9 Å². The number of hydrogen-bond acceptors (Lipinski definition) is 4. The van der Waals surface area contributed by atoms with Gasteiger partial charge in [-0.3, -0.25) is 9.79 Å². The lowest BCUT2D eigenvalue weighted by molar-refractivity contribution is -0.149. The number of unbranched alkanes of at least 4 members (excludes halogenated alkanes) is 1. The van der Waals surface area contributed by atoms with Gasteiger partial charge < -0.3 is 19.9 Å². The van der Waals surface area contributed by atoms with Crippen LogP contribution in [0.3, 0.4) is 0 Å². The van der Waals surface area contributed by atoms with Crippen molar-refractivity contribution < 1.29 is 9.53 Å². The van der Waals surface area contributed by atoms with E-state index in [-0.39, 0.29) is 35.9 Å². The summed E-state index contributed by atoms with van der Waals surface area (Å²) in [5, 5.41) is 3.38. The molecule has 0 aromatic carbocycles. The van der Waals surface area contributed by atoms with Crippen LogP contribution in [0.4, 0.5) is 0 Å². The van der Waals surface area contributed by atoms with E-state index in [0.717, 1.165) is 58.1 Å². The molecular weight excluding hydrogens is 431 g/mol. The smallest absolute Gasteiger partial charge is 0.309 e. The predicted molar refractivity (Wildman–Crippen MR) is 115 cm³/mol. The lowest BCUT2D eigenvalue weighted by Gasteiger charge is -2.33. The molecule has 1 heterocycles. The average molecular weight is 468 g/mol. The largest absolute Gasteiger partial charge is 0.466 e. The summed E-state index contributed by atoms with van der Waals surface area (Å²) in [6, 6.07) is 0. The minimum absolute atomic E-state index is 0. The lowest BCUT2D eigenvalue weighted by Crippen LogP contribution is -2.47. The van der Waals surface area contributed by atoms with Crippen molar-refractivity contribution in [3.05, 3.63) is 0 Å². The first kappa shape index (κ1) is 24.4. The fraction of sp³-hybridized carbons (Fsp3) is 0.889. The monoisotopic (exact) mass is 468 g/mol. The number of guanidine groups is 1. The molecule has 0 bridgehead atoms. The quantitative estimate of drug-likeness (QED) is 0.244. The van der Waals surface area contributed by atoms with Crippen LogP contribution in [0, 0.1) is 5.92 Å². The summed E-state index contributed by atoms with van der Waals surface area (Å²) in [5.41, 5.74) is 0. The van der Waals surface area contributed by atoms with Crippen LogP contribution in [0.1, 0.15) is 46.5 Å². The first-order valence-corrected chi connectivity index (χ1v) is 9.50. The van der Waals surface area contributed by atoms with Gasteiger partial charge in [0.1, 0.15) is 0 Å². The molecule has 0 atom stereocenters. The summed E-state index contributed by atoms with van der Waals surface area (Å²) in [6.45, 7) is 12.1. The van der Waals surface area contributed by atoms with Crippen LogP contribution in [0.2, 0.25) is 0 Å². The predicted octanol–water partition coefficient (Wildman–Crippen LogP) is 2.58. The van der Waals surface area contributed by atoms with Crippen molar-refractivity contribution in [1.29, 1.82) is 0 Å². The van der Waals surface area contributed by atoms with Gasteiger partial charge in [0.05, 0.1) is 19.1 Å². The topological polar surface area (TPSA) is 57.2 Å². The maximum Gasteiger partial charge on any atom is 0.309 e. The number of ether oxygens (including phenoxy) is 1. The van der Waals surface area contributed by atoms with E-state index in [4.69, 9.17) is 9.73 Å². The molecule has 0 amide bonds. The van der Waals surface area contributed by atoms with Crippen LogP contribution >= 0.6 is 24.0 Å². The van der Waals surface area contributed by atoms with E-state index in [1.54, 1.807) is 0 Å². The Morgan fingerprint density at radius 3 is 2.48 bits per heavy atom. The molecule has 1 aliphatic rings. The maximum absolute atomic E-state index is 11.8. The molecule has 0 aromatic rings. The summed E-state index contributed by atoms with van der Waals surface area (Å²) in [4.78, 5) is 21.2. The first-order valence-electron chi connectivity index (χ1n) is 9.50. The van der Waals surface area contributed by atoms with Gasteiger partial charge in [-0.1, -0.05) is 13.3 Å². The number of likely N-dealkylation sites (tertiary alicyclic amines) is 1. The number of hydrogen-bond donors (Lipinski definition) is 1. The van der Waals surface area contributed by atoms with Gasteiger partial charge in [0.15, 0.2) is 5.96 Å². The third-order valence-electron chi connectivity index (χ3n) is 4.39. The number of likely N-dealkylation sites (N-methyl/N-ethyl adjacent to an activating group) is 1. The number of piperidine rings is 1. The van der Waals surface area contributed by atoms with Gasteiger partial charge in [-0.2, -0.15) is 0 Å². The zero-order valence-electron chi connectivity index (χ0n) is 16.4. The highest BCUT2D eigenvalue weighted by molar-refractivity contribution is 14.0. The molecule has 0 aliphatic carbocycles. The van der Waals surface area contributed by atoms with Gasteiger partial charge in [-0.25, -0.2) is 0 Å². The fourth-order valence-electron chi connectivity index (χ4n) is 2.88. The van der Waals surface area contributed by atoms with E-state index in [2.05, 4.69) is 36.0 Å². The molecule has 1 saturated heterocycles. The van der Waals surface area contributed by atoms with Gasteiger partial charge >= 0.3 is 5.97 Å². The second kappa shape index (κ2) is 14.6. The van der Waals surface area contributed by atoms with Crippen molar-refractivity contribution in [2.45, 2.75) is 46.5 Å². The number of carbonyl (C=O) groups is 1. The molecule has 0 aromatic heterocycles. The standard InChI is InChI=1S/C18H36N4O2.HI/c1-5-8-12-21(4)15-11-20-18(19-6-2)22-13-9-16(10-14-22)17(23)24-7-3;/h16H,5-15H2,1-4H3,(H,19,20);1H. The molecule has 148 valence electrons. The Morgan fingerprint density at radius 1 is 1.24 bits per heavy atom. The van der Waals surface area contributed by atoms with Crippen LogP contribution in [-0.4, -0.2) is 74.7 Å². The van der Waals surface area contributed by atoms with Crippen molar-refractivity contribution >= 4 is 35.9 Å². The van der Waals surface area contributed by atoms with Gasteiger partial charge in [0, 0.05) is 26.2 Å². The molecule has 6 nitrogen and oxygen atoms in total. The molecule has 1 fully saturated rings.